The highest BCUT2D eigenvalue weighted by atomic mass is 32.2. The van der Waals surface area contributed by atoms with Crippen molar-refractivity contribution in [1.82, 2.24) is 9.55 Å². The molecule has 3 aromatic rings. The first-order valence-corrected chi connectivity index (χ1v) is 11.6. The molecule has 29 heavy (non-hydrogen) atoms. The summed E-state index contributed by atoms with van der Waals surface area (Å²) in [6, 6.07) is 12.8. The van der Waals surface area contributed by atoms with Gasteiger partial charge in [-0.1, -0.05) is 11.8 Å². The molecule has 1 saturated heterocycles. The number of piperidine rings is 1. The van der Waals surface area contributed by atoms with Crippen molar-refractivity contribution in [3.05, 3.63) is 48.3 Å². The van der Waals surface area contributed by atoms with E-state index in [0.29, 0.717) is 5.52 Å². The van der Waals surface area contributed by atoms with Crippen molar-refractivity contribution in [2.45, 2.75) is 30.8 Å². The Hall–Kier alpha value is -2.05. The minimum Gasteiger partial charge on any atom is -0.493 e. The smallest absolute Gasteiger partial charge is 0.173 e. The van der Waals surface area contributed by atoms with E-state index in [2.05, 4.69) is 16.6 Å². The number of halogens is 1. The van der Waals surface area contributed by atoms with Gasteiger partial charge in [0.2, 0.25) is 0 Å². The topological polar surface area (TPSA) is 27.1 Å². The number of fused-ring (bicyclic) bond motifs is 1. The van der Waals surface area contributed by atoms with Crippen LogP contribution in [0.2, 0.25) is 0 Å². The zero-order valence-corrected chi connectivity index (χ0v) is 18.1. The number of aromatic nitrogens is 2. The van der Waals surface area contributed by atoms with Gasteiger partial charge in [-0.3, -0.25) is 4.57 Å². The number of benzene rings is 2. The number of ether oxygens (including phenoxy) is 1. The molecule has 0 saturated carbocycles. The molecule has 1 aliphatic heterocycles. The summed E-state index contributed by atoms with van der Waals surface area (Å²) in [4.78, 5) is 4.56. The summed E-state index contributed by atoms with van der Waals surface area (Å²) in [6.45, 7) is 4.54. The average molecular weight is 415 g/mol. The van der Waals surface area contributed by atoms with Crippen LogP contribution in [-0.2, 0) is 0 Å². The number of hydrogen-bond acceptors (Lipinski definition) is 3. The van der Waals surface area contributed by atoms with Gasteiger partial charge >= 0.3 is 0 Å². The molecule has 2 aromatic carbocycles. The van der Waals surface area contributed by atoms with Crippen LogP contribution in [0.4, 0.5) is 4.39 Å². The van der Waals surface area contributed by atoms with Gasteiger partial charge in [-0.25, -0.2) is 9.37 Å². The van der Waals surface area contributed by atoms with Crippen LogP contribution < -0.4 is 4.74 Å². The molecule has 154 valence electrons. The van der Waals surface area contributed by atoms with Crippen molar-refractivity contribution in [1.29, 1.82) is 0 Å². The molecule has 4 rings (SSSR count). The van der Waals surface area contributed by atoms with Crippen LogP contribution in [0.25, 0.3) is 16.7 Å². The maximum absolute atomic E-state index is 13.6. The van der Waals surface area contributed by atoms with Gasteiger partial charge in [0.15, 0.2) is 5.16 Å². The van der Waals surface area contributed by atoms with Crippen molar-refractivity contribution < 1.29 is 13.6 Å². The Morgan fingerprint density at radius 1 is 1.10 bits per heavy atom. The molecule has 0 amide bonds. The quantitative estimate of drug-likeness (QED) is 0.299. The summed E-state index contributed by atoms with van der Waals surface area (Å²) in [6.07, 6.45) is 7.15. The van der Waals surface area contributed by atoms with Crippen LogP contribution in [0.15, 0.2) is 47.6 Å². The first-order chi connectivity index (χ1) is 14.1. The van der Waals surface area contributed by atoms with E-state index in [1.807, 2.05) is 30.5 Å². The van der Waals surface area contributed by atoms with Gasteiger partial charge in [0.25, 0.3) is 0 Å². The number of likely N-dealkylation sites (tertiary alicyclic amines) is 1. The maximum atomic E-state index is 13.6. The van der Waals surface area contributed by atoms with Crippen molar-refractivity contribution in [3.63, 3.8) is 0 Å². The lowest BCUT2D eigenvalue weighted by atomic mass is 10.1. The van der Waals surface area contributed by atoms with Gasteiger partial charge in [-0.2, -0.15) is 0 Å². The van der Waals surface area contributed by atoms with Crippen LogP contribution in [0.1, 0.15) is 25.7 Å². The monoisotopic (exact) mass is 414 g/mol. The van der Waals surface area contributed by atoms with E-state index in [0.717, 1.165) is 35.1 Å². The molecule has 0 unspecified atom stereocenters. The second-order valence-corrected chi connectivity index (χ2v) is 8.89. The Kier molecular flexibility index (Phi) is 6.11. The van der Waals surface area contributed by atoms with E-state index >= 15 is 0 Å². The molecule has 0 aliphatic carbocycles. The van der Waals surface area contributed by atoms with Gasteiger partial charge in [-0.05, 0) is 61.9 Å². The van der Waals surface area contributed by atoms with Crippen LogP contribution in [0, 0.1) is 5.82 Å². The Balaban J connectivity index is 1.41. The largest absolute Gasteiger partial charge is 0.493 e. The van der Waals surface area contributed by atoms with E-state index in [1.165, 1.54) is 55.5 Å². The fourth-order valence-electron chi connectivity index (χ4n) is 4.24. The number of quaternary nitrogens is 1. The van der Waals surface area contributed by atoms with Crippen LogP contribution >= 0.6 is 11.8 Å². The summed E-state index contributed by atoms with van der Waals surface area (Å²) >= 11 is 1.55. The van der Waals surface area contributed by atoms with Gasteiger partial charge in [0.1, 0.15) is 11.6 Å². The first-order valence-electron chi connectivity index (χ1n) is 10.4. The normalized spacial score (nSPS) is 16.2. The van der Waals surface area contributed by atoms with Crippen molar-refractivity contribution in [3.8, 4) is 11.4 Å². The summed E-state index contributed by atoms with van der Waals surface area (Å²) in [7, 11) is 2.37. The molecule has 1 aromatic heterocycles. The van der Waals surface area contributed by atoms with Gasteiger partial charge < -0.3 is 9.22 Å². The van der Waals surface area contributed by atoms with Crippen molar-refractivity contribution in [2.24, 2.45) is 0 Å². The third kappa shape index (κ3) is 4.59. The highest BCUT2D eigenvalue weighted by Gasteiger charge is 2.23. The van der Waals surface area contributed by atoms with Crippen LogP contribution in [0.3, 0.4) is 0 Å². The number of imidazole rings is 1. The number of thioether (sulfide) groups is 1. The van der Waals surface area contributed by atoms with Crippen LogP contribution in [0.5, 0.6) is 5.75 Å². The molecule has 1 fully saturated rings. The third-order valence-electron chi connectivity index (χ3n) is 5.87. The van der Waals surface area contributed by atoms with Gasteiger partial charge in [0.05, 0.1) is 44.3 Å². The van der Waals surface area contributed by atoms with Gasteiger partial charge in [-0.15, -0.1) is 0 Å². The highest BCUT2D eigenvalue weighted by molar-refractivity contribution is 7.98. The Morgan fingerprint density at radius 3 is 2.59 bits per heavy atom. The molecular formula is C23H29FN3OS+. The number of rotatable bonds is 7. The Bertz CT molecular complexity index is 964. The van der Waals surface area contributed by atoms with Gasteiger partial charge in [0, 0.05) is 18.2 Å². The summed E-state index contributed by atoms with van der Waals surface area (Å²) in [5.41, 5.74) is 2.58. The fourth-order valence-corrected chi connectivity index (χ4v) is 4.82. The SMILES string of the molecule is CSc1nc2cc(F)ccc2n1-c1ccc(OCCC[N+]2(C)CCCCC2)cc1. The Labute approximate surface area is 176 Å². The predicted octanol–water partition coefficient (Wildman–Crippen LogP) is 5.29. The number of nitrogens with zero attached hydrogens (tertiary/aromatic N) is 3. The predicted molar refractivity (Wildman–Crippen MR) is 118 cm³/mol. The maximum Gasteiger partial charge on any atom is 0.173 e. The zero-order valence-electron chi connectivity index (χ0n) is 17.2. The molecule has 4 nitrogen and oxygen atoms in total. The molecule has 1 aliphatic rings. The molecule has 2 heterocycles. The fraction of sp³-hybridized carbons (Fsp3) is 0.435. The van der Waals surface area contributed by atoms with E-state index in [1.54, 1.807) is 17.8 Å². The summed E-state index contributed by atoms with van der Waals surface area (Å²) in [5.74, 6) is 0.621. The van der Waals surface area contributed by atoms with E-state index in [9.17, 15) is 4.39 Å². The molecular weight excluding hydrogens is 385 g/mol. The number of hydrogen-bond donors (Lipinski definition) is 0. The second kappa shape index (κ2) is 8.76. The Morgan fingerprint density at radius 2 is 1.86 bits per heavy atom. The molecule has 0 N–H and O–H groups in total. The lowest BCUT2D eigenvalue weighted by molar-refractivity contribution is -0.914. The molecule has 0 spiro atoms. The lowest BCUT2D eigenvalue weighted by Crippen LogP contribution is -2.48. The minimum atomic E-state index is -0.265. The molecule has 0 bridgehead atoms. The summed E-state index contributed by atoms with van der Waals surface area (Å²) < 4.78 is 22.8. The standard InChI is InChI=1S/C23H29FN3OS/c1-27(13-4-3-5-14-27)15-6-16-28-20-10-8-19(9-11-20)26-22-12-7-18(24)17-21(22)25-23(26)29-2/h7-12,17H,3-6,13-16H2,1-2H3/q+1. The van der Waals surface area contributed by atoms with E-state index < -0.39 is 0 Å². The molecule has 6 heteroatoms. The van der Waals surface area contributed by atoms with Crippen LogP contribution in [-0.4, -0.2) is 53.6 Å². The minimum absolute atomic E-state index is 0.265. The second-order valence-electron chi connectivity index (χ2n) is 8.11. The summed E-state index contributed by atoms with van der Waals surface area (Å²) in [5, 5.41) is 0.845. The third-order valence-corrected chi connectivity index (χ3v) is 6.51. The van der Waals surface area contributed by atoms with E-state index in [-0.39, 0.29) is 5.82 Å². The van der Waals surface area contributed by atoms with Crippen molar-refractivity contribution in [2.75, 3.05) is 39.5 Å². The molecule has 0 atom stereocenters. The zero-order chi connectivity index (χ0) is 20.3. The first kappa shape index (κ1) is 20.2. The van der Waals surface area contributed by atoms with E-state index in [4.69, 9.17) is 4.74 Å². The highest BCUT2D eigenvalue weighted by Crippen LogP contribution is 2.28. The lowest BCUT2D eigenvalue weighted by Gasteiger charge is -2.37. The van der Waals surface area contributed by atoms with Crippen molar-refractivity contribution >= 4 is 22.8 Å². The molecule has 0 radical (unpaired) electrons. The average Bonchev–Trinajstić information content (AvgIpc) is 3.10.